The molecule has 1 N–H and O–H groups in total. The van der Waals surface area contributed by atoms with E-state index in [1.165, 1.54) is 12.1 Å². The van der Waals surface area contributed by atoms with E-state index in [-0.39, 0.29) is 24.1 Å². The Hall–Kier alpha value is -1.80. The molecule has 2 saturated heterocycles. The molecule has 1 aromatic carbocycles. The molecule has 2 aromatic rings. The number of carbonyl (C=O) groups excluding carboxylic acids is 1. The maximum Gasteiger partial charge on any atom is 0.234 e. The van der Waals surface area contributed by atoms with Crippen molar-refractivity contribution in [2.75, 3.05) is 32.8 Å². The molecule has 0 aliphatic carbocycles. The standard InChI is InChI=1S/C21H25FN2O3S/c22-17-5-3-15(4-6-17)20(18-2-1-13-28-18)23-19(25)14-24-9-7-16(8-10-24)21-26-11-12-27-21/h1-6,13,16,20-21H,7-12,14H2,(H,23,25). The Morgan fingerprint density at radius 2 is 1.89 bits per heavy atom. The Morgan fingerprint density at radius 1 is 1.18 bits per heavy atom. The molecule has 0 radical (unpaired) electrons. The van der Waals surface area contributed by atoms with Crippen LogP contribution >= 0.6 is 11.3 Å². The second-order valence-electron chi connectivity index (χ2n) is 7.29. The van der Waals surface area contributed by atoms with Crippen LogP contribution in [0.25, 0.3) is 0 Å². The first-order chi connectivity index (χ1) is 13.7. The van der Waals surface area contributed by atoms with Crippen LogP contribution in [0.3, 0.4) is 0 Å². The third-order valence-corrected chi connectivity index (χ3v) is 6.31. The maximum atomic E-state index is 13.3. The van der Waals surface area contributed by atoms with Gasteiger partial charge < -0.3 is 14.8 Å². The molecule has 4 rings (SSSR count). The number of likely N-dealkylation sites (tertiary alicyclic amines) is 1. The molecule has 5 nitrogen and oxygen atoms in total. The molecule has 28 heavy (non-hydrogen) atoms. The van der Waals surface area contributed by atoms with Crippen LogP contribution in [-0.4, -0.2) is 49.9 Å². The summed E-state index contributed by atoms with van der Waals surface area (Å²) >= 11 is 1.58. The van der Waals surface area contributed by atoms with E-state index in [0.717, 1.165) is 36.4 Å². The predicted octanol–water partition coefficient (Wildman–Crippen LogP) is 3.18. The average molecular weight is 405 g/mol. The van der Waals surface area contributed by atoms with Gasteiger partial charge in [0.1, 0.15) is 5.82 Å². The molecular formula is C21H25FN2O3S. The lowest BCUT2D eigenvalue weighted by atomic mass is 9.96. The maximum absolute atomic E-state index is 13.3. The second kappa shape index (κ2) is 9.13. The molecule has 1 unspecified atom stereocenters. The Labute approximate surface area is 168 Å². The van der Waals surface area contributed by atoms with Gasteiger partial charge in [0.05, 0.1) is 25.8 Å². The Balaban J connectivity index is 1.34. The van der Waals surface area contributed by atoms with Crippen LogP contribution in [0.5, 0.6) is 0 Å². The zero-order valence-electron chi connectivity index (χ0n) is 15.7. The largest absolute Gasteiger partial charge is 0.350 e. The molecule has 150 valence electrons. The molecule has 0 spiro atoms. The third-order valence-electron chi connectivity index (χ3n) is 5.37. The summed E-state index contributed by atoms with van der Waals surface area (Å²) in [6, 6.07) is 10.0. The molecule has 2 fully saturated rings. The van der Waals surface area contributed by atoms with E-state index >= 15 is 0 Å². The summed E-state index contributed by atoms with van der Waals surface area (Å²) < 4.78 is 24.5. The minimum atomic E-state index is -0.280. The molecule has 1 atom stereocenters. The van der Waals surface area contributed by atoms with Crippen molar-refractivity contribution in [2.24, 2.45) is 5.92 Å². The molecular weight excluding hydrogens is 379 g/mol. The van der Waals surface area contributed by atoms with Crippen molar-refractivity contribution in [3.8, 4) is 0 Å². The van der Waals surface area contributed by atoms with Crippen LogP contribution in [0.1, 0.15) is 29.3 Å². The van der Waals surface area contributed by atoms with Crippen molar-refractivity contribution in [2.45, 2.75) is 25.2 Å². The number of amides is 1. The van der Waals surface area contributed by atoms with Crippen LogP contribution in [0.4, 0.5) is 4.39 Å². The number of piperidine rings is 1. The average Bonchev–Trinajstić information content (AvgIpc) is 3.42. The fraction of sp³-hybridized carbons (Fsp3) is 0.476. The van der Waals surface area contributed by atoms with E-state index in [1.54, 1.807) is 23.5 Å². The van der Waals surface area contributed by atoms with Crippen LogP contribution < -0.4 is 5.32 Å². The highest BCUT2D eigenvalue weighted by Gasteiger charge is 2.31. The molecule has 0 bridgehead atoms. The number of nitrogens with zero attached hydrogens (tertiary/aromatic N) is 1. The van der Waals surface area contributed by atoms with Gasteiger partial charge in [-0.1, -0.05) is 18.2 Å². The Kier molecular flexibility index (Phi) is 6.36. The number of nitrogens with one attached hydrogen (secondary N) is 1. The van der Waals surface area contributed by atoms with Gasteiger partial charge in [-0.2, -0.15) is 0 Å². The number of halogens is 1. The zero-order chi connectivity index (χ0) is 19.3. The van der Waals surface area contributed by atoms with Gasteiger partial charge in [-0.25, -0.2) is 4.39 Å². The number of hydrogen-bond acceptors (Lipinski definition) is 5. The third kappa shape index (κ3) is 4.78. The number of hydrogen-bond donors (Lipinski definition) is 1. The summed E-state index contributed by atoms with van der Waals surface area (Å²) in [7, 11) is 0. The smallest absolute Gasteiger partial charge is 0.234 e. The van der Waals surface area contributed by atoms with Gasteiger partial charge in [-0.05, 0) is 55.1 Å². The van der Waals surface area contributed by atoms with Gasteiger partial charge >= 0.3 is 0 Å². The van der Waals surface area contributed by atoms with Crippen molar-refractivity contribution in [1.82, 2.24) is 10.2 Å². The molecule has 2 aliphatic rings. The van der Waals surface area contributed by atoms with Gasteiger partial charge in [-0.3, -0.25) is 9.69 Å². The summed E-state index contributed by atoms with van der Waals surface area (Å²) in [6.45, 7) is 3.45. The highest BCUT2D eigenvalue weighted by molar-refractivity contribution is 7.10. The van der Waals surface area contributed by atoms with Crippen molar-refractivity contribution >= 4 is 17.2 Å². The van der Waals surface area contributed by atoms with Gasteiger partial charge in [0.2, 0.25) is 5.91 Å². The minimum Gasteiger partial charge on any atom is -0.350 e. The SMILES string of the molecule is O=C(CN1CCC(C2OCCO2)CC1)NC(c1ccc(F)cc1)c1cccs1. The highest BCUT2D eigenvalue weighted by atomic mass is 32.1. The summed E-state index contributed by atoms with van der Waals surface area (Å²) in [5, 5.41) is 5.11. The van der Waals surface area contributed by atoms with Gasteiger partial charge in [0, 0.05) is 10.8 Å². The first kappa shape index (κ1) is 19.5. The summed E-state index contributed by atoms with van der Waals surface area (Å²) in [5.74, 6) is 0.118. The fourth-order valence-electron chi connectivity index (χ4n) is 3.87. The predicted molar refractivity (Wildman–Crippen MR) is 106 cm³/mol. The molecule has 0 saturated carbocycles. The van der Waals surface area contributed by atoms with Crippen LogP contribution in [0, 0.1) is 11.7 Å². The fourth-order valence-corrected chi connectivity index (χ4v) is 4.67. The summed E-state index contributed by atoms with van der Waals surface area (Å²) in [4.78, 5) is 15.9. The zero-order valence-corrected chi connectivity index (χ0v) is 16.5. The van der Waals surface area contributed by atoms with Crippen molar-refractivity contribution in [3.05, 3.63) is 58.0 Å². The highest BCUT2D eigenvalue weighted by Crippen LogP contribution is 2.27. The number of carbonyl (C=O) groups is 1. The van der Waals surface area contributed by atoms with E-state index in [2.05, 4.69) is 10.2 Å². The second-order valence-corrected chi connectivity index (χ2v) is 8.27. The lowest BCUT2D eigenvalue weighted by Gasteiger charge is -2.33. The molecule has 1 aromatic heterocycles. The van der Waals surface area contributed by atoms with Gasteiger partial charge in [-0.15, -0.1) is 11.3 Å². The number of ether oxygens (including phenoxy) is 2. The first-order valence-corrected chi connectivity index (χ1v) is 10.6. The van der Waals surface area contributed by atoms with Crippen LogP contribution in [0.15, 0.2) is 41.8 Å². The molecule has 1 amide bonds. The number of benzene rings is 1. The molecule has 7 heteroatoms. The number of rotatable bonds is 6. The van der Waals surface area contributed by atoms with E-state index in [0.29, 0.717) is 25.7 Å². The topological polar surface area (TPSA) is 50.8 Å². The summed E-state index contributed by atoms with van der Waals surface area (Å²) in [6.07, 6.45) is 1.88. The quantitative estimate of drug-likeness (QED) is 0.804. The monoisotopic (exact) mass is 404 g/mol. The Morgan fingerprint density at radius 3 is 2.54 bits per heavy atom. The van der Waals surface area contributed by atoms with Crippen LogP contribution in [0.2, 0.25) is 0 Å². The lowest BCUT2D eigenvalue weighted by molar-refractivity contribution is -0.124. The Bertz CT molecular complexity index is 754. The normalized spacial score (nSPS) is 20.3. The van der Waals surface area contributed by atoms with E-state index in [1.807, 2.05) is 17.5 Å². The molecule has 2 aliphatic heterocycles. The molecule has 3 heterocycles. The van der Waals surface area contributed by atoms with Gasteiger partial charge in [0.15, 0.2) is 6.29 Å². The van der Waals surface area contributed by atoms with Crippen molar-refractivity contribution < 1.29 is 18.7 Å². The number of thiophene rings is 1. The van der Waals surface area contributed by atoms with E-state index in [9.17, 15) is 9.18 Å². The van der Waals surface area contributed by atoms with Crippen LogP contribution in [-0.2, 0) is 14.3 Å². The van der Waals surface area contributed by atoms with Gasteiger partial charge in [0.25, 0.3) is 0 Å². The van der Waals surface area contributed by atoms with E-state index in [4.69, 9.17) is 9.47 Å². The van der Waals surface area contributed by atoms with E-state index < -0.39 is 0 Å². The minimum absolute atomic E-state index is 0.0189. The summed E-state index contributed by atoms with van der Waals surface area (Å²) in [5.41, 5.74) is 0.881. The lowest BCUT2D eigenvalue weighted by Crippen LogP contribution is -2.44. The van der Waals surface area contributed by atoms with Crippen molar-refractivity contribution in [3.63, 3.8) is 0 Å². The first-order valence-electron chi connectivity index (χ1n) is 9.73. The van der Waals surface area contributed by atoms with Crippen molar-refractivity contribution in [1.29, 1.82) is 0 Å².